The second kappa shape index (κ2) is 5.17. The van der Waals surface area contributed by atoms with Crippen LogP contribution in [-0.4, -0.2) is 4.98 Å². The lowest BCUT2D eigenvalue weighted by atomic mass is 9.93. The van der Waals surface area contributed by atoms with Gasteiger partial charge in [0, 0.05) is 17.1 Å². The van der Waals surface area contributed by atoms with Crippen LogP contribution in [0.5, 0.6) is 0 Å². The Balaban J connectivity index is 2.03. The summed E-state index contributed by atoms with van der Waals surface area (Å²) in [5, 5.41) is 4.99. The van der Waals surface area contributed by atoms with Crippen molar-refractivity contribution in [1.29, 1.82) is 0 Å². The molecular weight excluding hydrogens is 290 g/mol. The zero-order chi connectivity index (χ0) is 20.3. The summed E-state index contributed by atoms with van der Waals surface area (Å²) in [6.45, 7) is 0. The third-order valence-electron chi connectivity index (χ3n) is 4.38. The van der Waals surface area contributed by atoms with E-state index in [1.54, 1.807) is 6.20 Å². The van der Waals surface area contributed by atoms with Gasteiger partial charge in [-0.25, -0.2) is 0 Å². The molecule has 1 heteroatoms. The van der Waals surface area contributed by atoms with E-state index in [1.807, 2.05) is 48.5 Å². The summed E-state index contributed by atoms with van der Waals surface area (Å²) in [6, 6.07) is 16.3. The highest BCUT2D eigenvalue weighted by molar-refractivity contribution is 6.20. The number of pyridine rings is 1. The van der Waals surface area contributed by atoms with Crippen LogP contribution < -0.4 is 0 Å². The molecule has 0 amide bonds. The van der Waals surface area contributed by atoms with Crippen molar-refractivity contribution in [2.24, 2.45) is 0 Å². The van der Waals surface area contributed by atoms with Crippen LogP contribution in [-0.2, 0) is 0 Å². The third-order valence-corrected chi connectivity index (χ3v) is 4.38. The Hall–Kier alpha value is -3.19. The summed E-state index contributed by atoms with van der Waals surface area (Å²) in [5.74, 6) is 0. The van der Waals surface area contributed by atoms with Gasteiger partial charge in [0.1, 0.15) is 0 Å². The molecule has 0 N–H and O–H groups in total. The normalized spacial score (nSPS) is 14.2. The molecular formula is C23H15N. The Bertz CT molecular complexity index is 1430. The van der Waals surface area contributed by atoms with Gasteiger partial charge in [-0.1, -0.05) is 72.7 Å². The molecule has 1 aromatic heterocycles. The molecule has 4 aromatic carbocycles. The Morgan fingerprint density at radius 3 is 2.46 bits per heavy atom. The first kappa shape index (κ1) is 9.19. The lowest BCUT2D eigenvalue weighted by Gasteiger charge is -2.12. The van der Waals surface area contributed by atoms with Crippen molar-refractivity contribution >= 4 is 32.4 Å². The number of nitrogens with zero attached hydrogens (tertiary/aromatic N) is 1. The number of hydrogen-bond donors (Lipinski definition) is 0. The quantitative estimate of drug-likeness (QED) is 0.335. The Morgan fingerprint density at radius 1 is 0.708 bits per heavy atom. The molecule has 0 aliphatic rings. The lowest BCUT2D eigenvalue weighted by Crippen LogP contribution is -1.88. The van der Waals surface area contributed by atoms with E-state index >= 15 is 0 Å². The average Bonchev–Trinajstić information content (AvgIpc) is 2.76. The Labute approximate surface area is 147 Å². The summed E-state index contributed by atoms with van der Waals surface area (Å²) in [6.07, 6.45) is 1.66. The lowest BCUT2D eigenvalue weighted by molar-refractivity contribution is 1.42. The first-order valence-corrected chi connectivity index (χ1v) is 7.75. The zero-order valence-electron chi connectivity index (χ0n) is 17.7. The molecule has 24 heavy (non-hydrogen) atoms. The minimum absolute atomic E-state index is 0.175. The van der Waals surface area contributed by atoms with E-state index < -0.39 is 6.04 Å². The van der Waals surface area contributed by atoms with Gasteiger partial charge >= 0.3 is 0 Å². The number of hydrogen-bond acceptors (Lipinski definition) is 1. The maximum absolute atomic E-state index is 8.42. The highest BCUT2D eigenvalue weighted by Crippen LogP contribution is 2.36. The summed E-state index contributed by atoms with van der Waals surface area (Å²) in [7, 11) is 0. The number of aromatic nitrogens is 1. The zero-order valence-corrected chi connectivity index (χ0v) is 12.7. The van der Waals surface area contributed by atoms with Gasteiger partial charge in [-0.15, -0.1) is 0 Å². The van der Waals surface area contributed by atoms with Crippen LogP contribution in [0.15, 0.2) is 91.0 Å². The predicted octanol–water partition coefficient (Wildman–Crippen LogP) is 6.21. The van der Waals surface area contributed by atoms with Crippen molar-refractivity contribution < 1.29 is 6.85 Å². The van der Waals surface area contributed by atoms with Crippen molar-refractivity contribution in [3.63, 3.8) is 0 Å². The van der Waals surface area contributed by atoms with Crippen molar-refractivity contribution in [3.05, 3.63) is 91.0 Å². The fraction of sp³-hybridized carbons (Fsp3) is 0. The van der Waals surface area contributed by atoms with Crippen LogP contribution in [0.25, 0.3) is 43.6 Å². The molecule has 0 fully saturated rings. The maximum atomic E-state index is 8.42. The van der Waals surface area contributed by atoms with E-state index in [0.717, 1.165) is 26.9 Å². The van der Waals surface area contributed by atoms with E-state index in [0.29, 0.717) is 11.1 Å². The van der Waals surface area contributed by atoms with Crippen LogP contribution in [0.4, 0.5) is 0 Å². The smallest absolute Gasteiger partial charge is 0.0786 e. The molecule has 0 bridgehead atoms. The molecule has 0 spiro atoms. The van der Waals surface area contributed by atoms with Crippen LogP contribution in [0.2, 0.25) is 0 Å². The number of rotatable bonds is 1. The monoisotopic (exact) mass is 310 g/mol. The van der Waals surface area contributed by atoms with Crippen molar-refractivity contribution in [2.75, 3.05) is 0 Å². The van der Waals surface area contributed by atoms with Gasteiger partial charge in [-0.05, 0) is 39.2 Å². The largest absolute Gasteiger partial charge is 0.256 e. The van der Waals surface area contributed by atoms with E-state index in [2.05, 4.69) is 11.1 Å². The highest BCUT2D eigenvalue weighted by atomic mass is 14.6. The first-order chi connectivity index (χ1) is 14.0. The van der Waals surface area contributed by atoms with Gasteiger partial charge in [0.05, 0.1) is 12.4 Å². The van der Waals surface area contributed by atoms with Gasteiger partial charge < -0.3 is 0 Å². The predicted molar refractivity (Wildman–Crippen MR) is 102 cm³/mol. The number of fused-ring (bicyclic) bond motifs is 5. The van der Waals surface area contributed by atoms with E-state index in [-0.39, 0.29) is 29.7 Å². The van der Waals surface area contributed by atoms with E-state index in [4.69, 9.17) is 6.85 Å². The van der Waals surface area contributed by atoms with Crippen LogP contribution >= 0.6 is 0 Å². The molecule has 112 valence electrons. The Morgan fingerprint density at radius 2 is 1.54 bits per heavy atom. The minimum atomic E-state index is -0.396. The fourth-order valence-electron chi connectivity index (χ4n) is 3.31. The fourth-order valence-corrected chi connectivity index (χ4v) is 3.31. The molecule has 1 heterocycles. The molecule has 0 aliphatic heterocycles. The molecule has 0 radical (unpaired) electrons. The summed E-state index contributed by atoms with van der Waals surface area (Å²) in [4.78, 5) is 4.52. The molecule has 0 unspecified atom stereocenters. The summed E-state index contributed by atoms with van der Waals surface area (Å²) >= 11 is 0. The van der Waals surface area contributed by atoms with Crippen molar-refractivity contribution in [2.45, 2.75) is 0 Å². The van der Waals surface area contributed by atoms with Gasteiger partial charge in [0.15, 0.2) is 0 Å². The summed E-state index contributed by atoms with van der Waals surface area (Å²) in [5.41, 5.74) is 1.34. The Kier molecular flexibility index (Phi) is 1.98. The van der Waals surface area contributed by atoms with E-state index in [9.17, 15) is 0 Å². The molecule has 0 saturated carbocycles. The van der Waals surface area contributed by atoms with Crippen molar-refractivity contribution in [1.82, 2.24) is 4.98 Å². The molecule has 5 aromatic rings. The first-order valence-electron chi connectivity index (χ1n) is 10.3. The third kappa shape index (κ3) is 1.92. The van der Waals surface area contributed by atoms with Crippen LogP contribution in [0, 0.1) is 0 Å². The second-order valence-corrected chi connectivity index (χ2v) is 5.71. The maximum Gasteiger partial charge on any atom is 0.0786 e. The minimum Gasteiger partial charge on any atom is -0.256 e. The highest BCUT2D eigenvalue weighted by Gasteiger charge is 2.11. The second-order valence-electron chi connectivity index (χ2n) is 5.71. The SMILES string of the molecule is [2H]c1c([2H])c([2H])c(-c2cc3c4ccccc4ccc3c3cccnc23)c([2H])c1[2H]. The molecule has 0 saturated heterocycles. The molecule has 0 atom stereocenters. The van der Waals surface area contributed by atoms with Crippen molar-refractivity contribution in [3.8, 4) is 11.1 Å². The standard InChI is InChI=1S/C23H15N/c1-2-7-16(8-3-1)21-15-22-18-10-5-4-9-17(18)12-13-19(22)20-11-6-14-24-23(20)21/h1-15H/i1D,2D,3D,7D,8D. The molecule has 5 rings (SSSR count). The van der Waals surface area contributed by atoms with Gasteiger partial charge in [0.2, 0.25) is 0 Å². The average molecular weight is 310 g/mol. The van der Waals surface area contributed by atoms with Gasteiger partial charge in [-0.3, -0.25) is 4.98 Å². The topological polar surface area (TPSA) is 12.9 Å². The molecule has 0 aliphatic carbocycles. The van der Waals surface area contributed by atoms with Gasteiger partial charge in [-0.2, -0.15) is 0 Å². The van der Waals surface area contributed by atoms with E-state index in [1.165, 1.54) is 0 Å². The number of benzene rings is 4. The van der Waals surface area contributed by atoms with Crippen LogP contribution in [0.3, 0.4) is 0 Å². The van der Waals surface area contributed by atoms with Crippen LogP contribution in [0.1, 0.15) is 6.85 Å². The molecule has 1 nitrogen and oxygen atoms in total. The summed E-state index contributed by atoms with van der Waals surface area (Å²) < 4.78 is 40.8. The van der Waals surface area contributed by atoms with Gasteiger partial charge in [0.25, 0.3) is 0 Å².